The van der Waals surface area contributed by atoms with Crippen molar-refractivity contribution >= 4 is 11.8 Å². The maximum atomic E-state index is 11.0. The number of hydrogen-bond donors (Lipinski definition) is 1. The zero-order valence-electron chi connectivity index (χ0n) is 11.7. The van der Waals surface area contributed by atoms with Gasteiger partial charge in [-0.2, -0.15) is 0 Å². The standard InChI is InChI=1S/C13H21N3O2/c1-6-10-14-9(2)7-11(15-10)16(8-12(17)18)13(3,4)5/h7H,6,8H2,1-5H3,(H,17,18). The van der Waals surface area contributed by atoms with Crippen molar-refractivity contribution in [2.24, 2.45) is 0 Å². The Morgan fingerprint density at radius 2 is 2.00 bits per heavy atom. The topological polar surface area (TPSA) is 66.3 Å². The highest BCUT2D eigenvalue weighted by Crippen LogP contribution is 2.22. The molecule has 0 bridgehead atoms. The van der Waals surface area contributed by atoms with E-state index in [0.717, 1.165) is 17.9 Å². The first-order chi connectivity index (χ1) is 8.24. The van der Waals surface area contributed by atoms with E-state index in [1.165, 1.54) is 0 Å². The molecule has 0 radical (unpaired) electrons. The summed E-state index contributed by atoms with van der Waals surface area (Å²) in [5.41, 5.74) is 0.556. The highest BCUT2D eigenvalue weighted by molar-refractivity contribution is 5.73. The minimum absolute atomic E-state index is 0.0664. The quantitative estimate of drug-likeness (QED) is 0.887. The summed E-state index contributed by atoms with van der Waals surface area (Å²) >= 11 is 0. The fraction of sp³-hybridized carbons (Fsp3) is 0.615. The lowest BCUT2D eigenvalue weighted by atomic mass is 10.1. The number of carboxylic acids is 1. The number of carbonyl (C=O) groups is 1. The lowest BCUT2D eigenvalue weighted by Crippen LogP contribution is -2.45. The van der Waals surface area contributed by atoms with E-state index in [1.807, 2.05) is 40.7 Å². The van der Waals surface area contributed by atoms with Crippen LogP contribution in [0, 0.1) is 6.92 Å². The van der Waals surface area contributed by atoms with Gasteiger partial charge < -0.3 is 10.0 Å². The van der Waals surface area contributed by atoms with Gasteiger partial charge in [0, 0.05) is 23.7 Å². The predicted molar refractivity (Wildman–Crippen MR) is 70.9 cm³/mol. The molecule has 1 aromatic rings. The van der Waals surface area contributed by atoms with Gasteiger partial charge in [0.1, 0.15) is 18.2 Å². The Bertz CT molecular complexity index is 438. The minimum Gasteiger partial charge on any atom is -0.480 e. The molecule has 1 heterocycles. The van der Waals surface area contributed by atoms with E-state index >= 15 is 0 Å². The number of hydrogen-bond acceptors (Lipinski definition) is 4. The van der Waals surface area contributed by atoms with Crippen LogP contribution in [-0.2, 0) is 11.2 Å². The second kappa shape index (κ2) is 5.33. The summed E-state index contributed by atoms with van der Waals surface area (Å²) in [5, 5.41) is 9.02. The van der Waals surface area contributed by atoms with Crippen LogP contribution in [0.2, 0.25) is 0 Å². The monoisotopic (exact) mass is 251 g/mol. The molecule has 0 aliphatic rings. The van der Waals surface area contributed by atoms with Crippen LogP contribution < -0.4 is 4.90 Å². The molecule has 1 N–H and O–H groups in total. The van der Waals surface area contributed by atoms with E-state index in [2.05, 4.69) is 9.97 Å². The van der Waals surface area contributed by atoms with E-state index in [9.17, 15) is 4.79 Å². The Morgan fingerprint density at radius 3 is 2.44 bits per heavy atom. The van der Waals surface area contributed by atoms with Crippen LogP contribution in [0.4, 0.5) is 5.82 Å². The molecule has 0 saturated carbocycles. The number of aryl methyl sites for hydroxylation is 2. The number of nitrogens with zero attached hydrogens (tertiary/aromatic N) is 3. The summed E-state index contributed by atoms with van der Waals surface area (Å²) in [5.74, 6) is 0.554. The number of anilines is 1. The zero-order chi connectivity index (χ0) is 13.9. The normalized spacial score (nSPS) is 11.4. The van der Waals surface area contributed by atoms with Crippen LogP contribution in [0.15, 0.2) is 6.07 Å². The molecule has 0 unspecified atom stereocenters. The van der Waals surface area contributed by atoms with Crippen molar-refractivity contribution in [3.63, 3.8) is 0 Å². The fourth-order valence-corrected chi connectivity index (χ4v) is 1.71. The van der Waals surface area contributed by atoms with Crippen LogP contribution in [0.1, 0.15) is 39.2 Å². The summed E-state index contributed by atoms with van der Waals surface area (Å²) in [6.45, 7) is 9.73. The van der Waals surface area contributed by atoms with Gasteiger partial charge in [0.05, 0.1) is 0 Å². The zero-order valence-corrected chi connectivity index (χ0v) is 11.7. The van der Waals surface area contributed by atoms with Gasteiger partial charge in [0.25, 0.3) is 0 Å². The largest absolute Gasteiger partial charge is 0.480 e. The van der Waals surface area contributed by atoms with Crippen molar-refractivity contribution in [1.82, 2.24) is 9.97 Å². The van der Waals surface area contributed by atoms with Crippen LogP contribution >= 0.6 is 0 Å². The molecule has 5 nitrogen and oxygen atoms in total. The lowest BCUT2D eigenvalue weighted by Gasteiger charge is -2.35. The maximum Gasteiger partial charge on any atom is 0.323 e. The third-order valence-corrected chi connectivity index (χ3v) is 2.58. The SMILES string of the molecule is CCc1nc(C)cc(N(CC(=O)O)C(C)(C)C)n1. The molecule has 5 heteroatoms. The third kappa shape index (κ3) is 3.68. The van der Waals surface area contributed by atoms with Gasteiger partial charge in [-0.05, 0) is 27.7 Å². The van der Waals surface area contributed by atoms with Gasteiger partial charge in [-0.1, -0.05) is 6.92 Å². The smallest absolute Gasteiger partial charge is 0.323 e. The summed E-state index contributed by atoms with van der Waals surface area (Å²) in [6.07, 6.45) is 0.736. The second-order valence-corrected chi connectivity index (χ2v) is 5.29. The van der Waals surface area contributed by atoms with Crippen LogP contribution in [-0.4, -0.2) is 33.1 Å². The molecule has 0 aromatic carbocycles. The van der Waals surface area contributed by atoms with Gasteiger partial charge in [0.15, 0.2) is 0 Å². The summed E-state index contributed by atoms with van der Waals surface area (Å²) in [4.78, 5) is 21.5. The Hall–Kier alpha value is -1.65. The number of aromatic nitrogens is 2. The van der Waals surface area contributed by atoms with Gasteiger partial charge in [-0.15, -0.1) is 0 Å². The lowest BCUT2D eigenvalue weighted by molar-refractivity contribution is -0.135. The molecule has 100 valence electrons. The summed E-state index contributed by atoms with van der Waals surface area (Å²) in [7, 11) is 0. The average Bonchev–Trinajstić information content (AvgIpc) is 2.23. The molecule has 18 heavy (non-hydrogen) atoms. The van der Waals surface area contributed by atoms with E-state index in [-0.39, 0.29) is 12.1 Å². The molecule has 0 atom stereocenters. The van der Waals surface area contributed by atoms with Crippen molar-refractivity contribution in [3.05, 3.63) is 17.6 Å². The molecule has 0 amide bonds. The number of carboxylic acid groups (broad SMARTS) is 1. The Balaban J connectivity index is 3.20. The first kappa shape index (κ1) is 14.4. The van der Waals surface area contributed by atoms with Gasteiger partial charge in [-0.3, -0.25) is 4.79 Å². The first-order valence-corrected chi connectivity index (χ1v) is 6.08. The number of aliphatic carboxylic acids is 1. The molecule has 0 spiro atoms. The van der Waals surface area contributed by atoms with Crippen LogP contribution in [0.3, 0.4) is 0 Å². The van der Waals surface area contributed by atoms with Crippen molar-refractivity contribution in [2.45, 2.75) is 46.6 Å². The minimum atomic E-state index is -0.862. The molecular weight excluding hydrogens is 230 g/mol. The van der Waals surface area contributed by atoms with Gasteiger partial charge >= 0.3 is 5.97 Å². The van der Waals surface area contributed by atoms with E-state index in [0.29, 0.717) is 5.82 Å². The van der Waals surface area contributed by atoms with E-state index in [4.69, 9.17) is 5.11 Å². The molecular formula is C13H21N3O2. The highest BCUT2D eigenvalue weighted by Gasteiger charge is 2.25. The molecule has 0 aliphatic heterocycles. The van der Waals surface area contributed by atoms with E-state index < -0.39 is 5.97 Å². The molecule has 0 saturated heterocycles. The third-order valence-electron chi connectivity index (χ3n) is 2.58. The highest BCUT2D eigenvalue weighted by atomic mass is 16.4. The predicted octanol–water partition coefficient (Wildman–Crippen LogP) is 2.04. The second-order valence-electron chi connectivity index (χ2n) is 5.29. The molecule has 1 aromatic heterocycles. The number of rotatable bonds is 4. The van der Waals surface area contributed by atoms with Crippen LogP contribution in [0.5, 0.6) is 0 Å². The van der Waals surface area contributed by atoms with Crippen molar-refractivity contribution in [3.8, 4) is 0 Å². The summed E-state index contributed by atoms with van der Waals surface area (Å²) in [6, 6.07) is 1.83. The Morgan fingerprint density at radius 1 is 1.39 bits per heavy atom. The average molecular weight is 251 g/mol. The van der Waals surface area contributed by atoms with Crippen LogP contribution in [0.25, 0.3) is 0 Å². The first-order valence-electron chi connectivity index (χ1n) is 6.08. The van der Waals surface area contributed by atoms with Crippen molar-refractivity contribution in [1.29, 1.82) is 0 Å². The molecule has 0 fully saturated rings. The fourth-order valence-electron chi connectivity index (χ4n) is 1.71. The van der Waals surface area contributed by atoms with E-state index in [1.54, 1.807) is 4.90 Å². The molecule has 0 aliphatic carbocycles. The van der Waals surface area contributed by atoms with Gasteiger partial charge in [0.2, 0.25) is 0 Å². The summed E-state index contributed by atoms with van der Waals surface area (Å²) < 4.78 is 0. The Kier molecular flexibility index (Phi) is 4.27. The van der Waals surface area contributed by atoms with Crippen molar-refractivity contribution < 1.29 is 9.90 Å². The van der Waals surface area contributed by atoms with Crippen molar-refractivity contribution in [2.75, 3.05) is 11.4 Å². The maximum absolute atomic E-state index is 11.0. The van der Waals surface area contributed by atoms with Gasteiger partial charge in [-0.25, -0.2) is 9.97 Å². The molecule has 1 rings (SSSR count). The Labute approximate surface area is 108 Å².